The van der Waals surface area contributed by atoms with Gasteiger partial charge in [-0.15, -0.1) is 0 Å². The van der Waals surface area contributed by atoms with Gasteiger partial charge in [0.15, 0.2) is 6.19 Å². The van der Waals surface area contributed by atoms with Crippen LogP contribution in [0.3, 0.4) is 0 Å². The van der Waals surface area contributed by atoms with E-state index in [9.17, 15) is 4.79 Å². The maximum atomic E-state index is 11.1. The molecule has 1 saturated heterocycles. The lowest BCUT2D eigenvalue weighted by molar-refractivity contribution is -0.115. The molecular weight excluding hydrogens is 204 g/mol. The van der Waals surface area contributed by atoms with E-state index in [1.807, 2.05) is 6.08 Å². The van der Waals surface area contributed by atoms with Crippen LogP contribution in [0.1, 0.15) is 13.8 Å². The molecule has 0 bridgehead atoms. The molecule has 5 heteroatoms. The smallest absolute Gasteiger partial charge is 0.256 e. The van der Waals surface area contributed by atoms with Crippen molar-refractivity contribution in [1.82, 2.24) is 15.5 Å². The van der Waals surface area contributed by atoms with E-state index in [0.717, 1.165) is 26.2 Å². The molecule has 0 aromatic heterocycles. The number of rotatable bonds is 3. The molecule has 0 radical (unpaired) electrons. The Bertz CT molecular complexity index is 310. The Kier molecular flexibility index (Phi) is 4.47. The van der Waals surface area contributed by atoms with Crippen molar-refractivity contribution in [3.05, 3.63) is 12.2 Å². The van der Waals surface area contributed by atoms with Gasteiger partial charge < -0.3 is 5.32 Å². The number of carbonyl (C=O) groups is 1. The number of carbonyl (C=O) groups excluding carboxylic acids is 1. The SMILES string of the molecule is CC(C)(C=CC(=O)NC#N)N1CCNCC1. The molecule has 1 amide bonds. The van der Waals surface area contributed by atoms with Crippen LogP contribution in [-0.4, -0.2) is 42.5 Å². The van der Waals surface area contributed by atoms with Gasteiger partial charge in [-0.1, -0.05) is 6.08 Å². The number of piperazine rings is 1. The molecular formula is C11H18N4O. The topological polar surface area (TPSA) is 68.2 Å². The summed E-state index contributed by atoms with van der Waals surface area (Å²) in [6, 6.07) is 0. The third kappa shape index (κ3) is 3.65. The Morgan fingerprint density at radius 1 is 1.50 bits per heavy atom. The molecule has 2 N–H and O–H groups in total. The van der Waals surface area contributed by atoms with Crippen LogP contribution in [0.5, 0.6) is 0 Å². The van der Waals surface area contributed by atoms with Gasteiger partial charge in [-0.25, -0.2) is 0 Å². The van der Waals surface area contributed by atoms with Crippen molar-refractivity contribution in [3.63, 3.8) is 0 Å². The summed E-state index contributed by atoms with van der Waals surface area (Å²) in [5.74, 6) is -0.370. The van der Waals surface area contributed by atoms with E-state index < -0.39 is 0 Å². The zero-order valence-electron chi connectivity index (χ0n) is 9.79. The lowest BCUT2D eigenvalue weighted by atomic mass is 10.0. The number of nitrogens with one attached hydrogen (secondary N) is 2. The first kappa shape index (κ1) is 12.7. The lowest BCUT2D eigenvalue weighted by Gasteiger charge is -2.39. The molecule has 16 heavy (non-hydrogen) atoms. The highest BCUT2D eigenvalue weighted by molar-refractivity contribution is 5.88. The molecule has 0 saturated carbocycles. The van der Waals surface area contributed by atoms with Gasteiger partial charge in [0.25, 0.3) is 5.91 Å². The van der Waals surface area contributed by atoms with E-state index in [2.05, 4.69) is 29.4 Å². The number of hydrogen-bond donors (Lipinski definition) is 2. The highest BCUT2D eigenvalue weighted by Crippen LogP contribution is 2.16. The van der Waals surface area contributed by atoms with Crippen molar-refractivity contribution < 1.29 is 4.79 Å². The Balaban J connectivity index is 2.55. The summed E-state index contributed by atoms with van der Waals surface area (Å²) in [5.41, 5.74) is -0.158. The highest BCUT2D eigenvalue weighted by Gasteiger charge is 2.25. The zero-order valence-corrected chi connectivity index (χ0v) is 9.79. The molecule has 0 unspecified atom stereocenters. The number of amides is 1. The monoisotopic (exact) mass is 222 g/mol. The van der Waals surface area contributed by atoms with Crippen molar-refractivity contribution >= 4 is 5.91 Å². The minimum Gasteiger partial charge on any atom is -0.314 e. The van der Waals surface area contributed by atoms with E-state index >= 15 is 0 Å². The maximum absolute atomic E-state index is 11.1. The molecule has 1 heterocycles. The molecule has 1 fully saturated rings. The average Bonchev–Trinajstić information content (AvgIpc) is 2.28. The molecule has 5 nitrogen and oxygen atoms in total. The number of hydrogen-bond acceptors (Lipinski definition) is 4. The minimum absolute atomic E-state index is 0.158. The predicted octanol–water partition coefficient (Wildman–Crippen LogP) is -0.176. The van der Waals surface area contributed by atoms with E-state index in [4.69, 9.17) is 5.26 Å². The second-order valence-electron chi connectivity index (χ2n) is 4.33. The van der Waals surface area contributed by atoms with Crippen molar-refractivity contribution in [2.75, 3.05) is 26.2 Å². The zero-order chi connectivity index (χ0) is 12.0. The fourth-order valence-corrected chi connectivity index (χ4v) is 1.72. The van der Waals surface area contributed by atoms with Gasteiger partial charge in [-0.05, 0) is 13.8 Å². The molecule has 0 aromatic carbocycles. The molecule has 0 aromatic rings. The summed E-state index contributed by atoms with van der Waals surface area (Å²) in [7, 11) is 0. The van der Waals surface area contributed by atoms with Gasteiger partial charge >= 0.3 is 0 Å². The first-order valence-electron chi connectivity index (χ1n) is 5.40. The van der Waals surface area contributed by atoms with Crippen LogP contribution in [0.25, 0.3) is 0 Å². The van der Waals surface area contributed by atoms with E-state index in [0.29, 0.717) is 0 Å². The molecule has 1 aliphatic heterocycles. The Labute approximate surface area is 96.1 Å². The Hall–Kier alpha value is -1.38. The fourth-order valence-electron chi connectivity index (χ4n) is 1.72. The van der Waals surface area contributed by atoms with Crippen molar-refractivity contribution in [2.24, 2.45) is 0 Å². The van der Waals surface area contributed by atoms with Crippen LogP contribution >= 0.6 is 0 Å². The normalized spacial score (nSPS) is 18.3. The third-order valence-electron chi connectivity index (χ3n) is 2.75. The second kappa shape index (κ2) is 5.64. The largest absolute Gasteiger partial charge is 0.314 e. The first-order valence-corrected chi connectivity index (χ1v) is 5.40. The van der Waals surface area contributed by atoms with Gasteiger partial charge in [0.1, 0.15) is 0 Å². The van der Waals surface area contributed by atoms with Gasteiger partial charge in [0.2, 0.25) is 0 Å². The summed E-state index contributed by atoms with van der Waals surface area (Å²) < 4.78 is 0. The van der Waals surface area contributed by atoms with Crippen LogP contribution in [0.15, 0.2) is 12.2 Å². The molecule has 1 aliphatic rings. The van der Waals surface area contributed by atoms with Crippen LogP contribution in [-0.2, 0) is 4.79 Å². The third-order valence-corrected chi connectivity index (χ3v) is 2.75. The Morgan fingerprint density at radius 2 is 2.12 bits per heavy atom. The van der Waals surface area contributed by atoms with E-state index in [1.54, 1.807) is 6.19 Å². The highest BCUT2D eigenvalue weighted by atomic mass is 16.1. The van der Waals surface area contributed by atoms with Crippen LogP contribution in [0.4, 0.5) is 0 Å². The van der Waals surface area contributed by atoms with Crippen molar-refractivity contribution in [3.8, 4) is 6.19 Å². The van der Waals surface area contributed by atoms with Crippen LogP contribution < -0.4 is 10.6 Å². The predicted molar refractivity (Wildman–Crippen MR) is 61.4 cm³/mol. The standard InChI is InChI=1S/C11H18N4O/c1-11(2,4-3-10(16)14-9-12)15-7-5-13-6-8-15/h3-4,13H,5-8H2,1-2H3,(H,14,16). The molecule has 0 aliphatic carbocycles. The number of nitriles is 1. The fraction of sp³-hybridized carbons (Fsp3) is 0.636. The summed E-state index contributed by atoms with van der Waals surface area (Å²) in [6.45, 7) is 8.01. The molecule has 88 valence electrons. The summed E-state index contributed by atoms with van der Waals surface area (Å²) in [4.78, 5) is 13.4. The first-order chi connectivity index (χ1) is 7.56. The summed E-state index contributed by atoms with van der Waals surface area (Å²) in [6.07, 6.45) is 4.87. The van der Waals surface area contributed by atoms with Gasteiger partial charge in [-0.2, -0.15) is 5.26 Å². The second-order valence-corrected chi connectivity index (χ2v) is 4.33. The Morgan fingerprint density at radius 3 is 2.69 bits per heavy atom. The van der Waals surface area contributed by atoms with E-state index in [1.165, 1.54) is 6.08 Å². The maximum Gasteiger partial charge on any atom is 0.256 e. The van der Waals surface area contributed by atoms with Crippen molar-refractivity contribution in [2.45, 2.75) is 19.4 Å². The average molecular weight is 222 g/mol. The van der Waals surface area contributed by atoms with Gasteiger partial charge in [0, 0.05) is 37.8 Å². The molecule has 0 spiro atoms. The molecule has 0 atom stereocenters. The lowest BCUT2D eigenvalue weighted by Crippen LogP contribution is -2.52. The minimum atomic E-state index is -0.370. The summed E-state index contributed by atoms with van der Waals surface area (Å²) in [5, 5.41) is 13.6. The van der Waals surface area contributed by atoms with Crippen molar-refractivity contribution in [1.29, 1.82) is 5.26 Å². The van der Waals surface area contributed by atoms with E-state index in [-0.39, 0.29) is 11.4 Å². The van der Waals surface area contributed by atoms with Crippen LogP contribution in [0.2, 0.25) is 0 Å². The van der Waals surface area contributed by atoms with Gasteiger partial charge in [-0.3, -0.25) is 15.0 Å². The van der Waals surface area contributed by atoms with Crippen LogP contribution in [0, 0.1) is 11.5 Å². The summed E-state index contributed by atoms with van der Waals surface area (Å²) >= 11 is 0. The number of nitrogens with zero attached hydrogens (tertiary/aromatic N) is 2. The van der Waals surface area contributed by atoms with Gasteiger partial charge in [0.05, 0.1) is 0 Å². The quantitative estimate of drug-likeness (QED) is 0.395. The molecule has 1 rings (SSSR count).